The minimum atomic E-state index is 0. The predicted octanol–water partition coefficient (Wildman–Crippen LogP) is 15.4. The average molecular weight is 780 g/mol. The lowest BCUT2D eigenvalue weighted by molar-refractivity contribution is 0.635. The van der Waals surface area contributed by atoms with Gasteiger partial charge in [0.05, 0.1) is 0 Å². The molecule has 312 valence electrons. The van der Waals surface area contributed by atoms with Gasteiger partial charge >= 0.3 is 0 Å². The number of hydrogen-bond acceptors (Lipinski definition) is 1. The Kier molecular flexibility index (Phi) is 22.9. The van der Waals surface area contributed by atoms with E-state index in [4.69, 9.17) is 0 Å². The number of H-pyrrole nitrogens is 1. The third-order valence-electron chi connectivity index (χ3n) is 9.23. The Labute approximate surface area is 354 Å². The number of hydrogen-bond donors (Lipinski definition) is 1. The molecule has 4 aromatic carbocycles. The van der Waals surface area contributed by atoms with Gasteiger partial charge in [-0.2, -0.15) is 0 Å². The van der Waals surface area contributed by atoms with E-state index >= 15 is 0 Å². The third-order valence-corrected chi connectivity index (χ3v) is 9.23. The summed E-state index contributed by atoms with van der Waals surface area (Å²) in [7, 11) is 2.12. The smallest absolute Gasteiger partial charge is 0.0480 e. The first-order valence-corrected chi connectivity index (χ1v) is 21.4. The maximum Gasteiger partial charge on any atom is 0.0480 e. The molecule has 0 aliphatic carbocycles. The van der Waals surface area contributed by atoms with Crippen molar-refractivity contribution in [3.63, 3.8) is 0 Å². The van der Waals surface area contributed by atoms with Gasteiger partial charge in [0.15, 0.2) is 0 Å². The van der Waals surface area contributed by atoms with Crippen LogP contribution in [0.15, 0.2) is 146 Å². The third kappa shape index (κ3) is 19.0. The Morgan fingerprint density at radius 3 is 1.41 bits per heavy atom. The zero-order valence-electron chi connectivity index (χ0n) is 37.2. The molecule has 0 spiro atoms. The number of aryl methyl sites for hydroxylation is 1. The molecule has 3 nitrogen and oxygen atoms in total. The van der Waals surface area contributed by atoms with Crippen molar-refractivity contribution < 1.29 is 0 Å². The van der Waals surface area contributed by atoms with Gasteiger partial charge in [-0.25, -0.2) is 0 Å². The number of aromatic amines is 1. The van der Waals surface area contributed by atoms with Crippen LogP contribution < -0.4 is 0 Å². The van der Waals surface area contributed by atoms with Crippen LogP contribution in [0.4, 0.5) is 0 Å². The number of fused-ring (bicyclic) bond motifs is 2. The molecule has 0 saturated heterocycles. The molecule has 0 bridgehead atoms. The highest BCUT2D eigenvalue weighted by Gasteiger charge is 2.07. The Bertz CT molecular complexity index is 1940. The number of aromatic nitrogens is 3. The van der Waals surface area contributed by atoms with Crippen LogP contribution in [0.25, 0.3) is 21.8 Å². The van der Waals surface area contributed by atoms with Gasteiger partial charge in [-0.05, 0) is 108 Å². The summed E-state index contributed by atoms with van der Waals surface area (Å²) in [5, 5.41) is 2.78. The summed E-state index contributed by atoms with van der Waals surface area (Å²) < 4.78 is 2.22. The van der Waals surface area contributed by atoms with Gasteiger partial charge in [0.2, 0.25) is 0 Å². The fourth-order valence-corrected chi connectivity index (χ4v) is 6.88. The first-order chi connectivity index (χ1) is 27.3. The number of para-hydroxylation sites is 2. The summed E-state index contributed by atoms with van der Waals surface area (Å²) in [6.07, 6.45) is 12.0. The van der Waals surface area contributed by atoms with Crippen LogP contribution in [0.3, 0.4) is 0 Å². The normalized spacial score (nSPS) is 10.6. The first-order valence-electron chi connectivity index (χ1n) is 21.4. The van der Waals surface area contributed by atoms with Crippen LogP contribution in [0.2, 0.25) is 0 Å². The Hall–Kier alpha value is -4.89. The van der Waals surface area contributed by atoms with Crippen LogP contribution in [0.5, 0.6) is 0 Å². The van der Waals surface area contributed by atoms with Crippen LogP contribution in [-0.4, -0.2) is 14.5 Å². The molecule has 7 aromatic rings. The van der Waals surface area contributed by atoms with Crippen molar-refractivity contribution in [1.29, 1.82) is 0 Å². The van der Waals surface area contributed by atoms with Gasteiger partial charge in [-0.15, -0.1) is 0 Å². The molecule has 0 saturated carbocycles. The number of rotatable bonds is 10. The standard InChI is InChI=1S/C13H17N.C12H15N.2C10H14.C9H13N.CH4/c1-10(2)8-11-9-14(3)13-7-5-4-6-12(11)13;1-9(2)7-10-8-13-12-6-4-3-5-11(10)12;2*1-9(2)8-10-6-4-3-5-7-10;1-8(2)7-9-5-3-4-6-10-9;/h4-7,9-10H,8H2,1-3H3;3-6,8-9,13H,7H2,1-2H3;2*3-7,9H,8H2,1-2H3;3-6,8H,7H2,1-2H3;1H4. The maximum atomic E-state index is 4.22. The van der Waals surface area contributed by atoms with Crippen molar-refractivity contribution in [2.45, 2.75) is 109 Å². The quantitative estimate of drug-likeness (QED) is 0.147. The van der Waals surface area contributed by atoms with Crippen molar-refractivity contribution >= 4 is 21.8 Å². The molecule has 3 aromatic heterocycles. The Morgan fingerprint density at radius 2 is 0.914 bits per heavy atom. The summed E-state index contributed by atoms with van der Waals surface area (Å²) in [6, 6.07) is 44.4. The second-order valence-corrected chi connectivity index (χ2v) is 17.4. The number of pyridine rings is 1. The SMILES string of the molecule is C.CC(C)Cc1c[nH]c2ccccc12.CC(C)Cc1ccccc1.CC(C)Cc1ccccc1.CC(C)Cc1ccccn1.CC(C)Cc1cn(C)c2ccccc12. The highest BCUT2D eigenvalue weighted by atomic mass is 14.9. The van der Waals surface area contributed by atoms with Crippen molar-refractivity contribution in [2.75, 3.05) is 0 Å². The zero-order chi connectivity index (χ0) is 41.6. The topological polar surface area (TPSA) is 33.6 Å². The van der Waals surface area contributed by atoms with E-state index in [1.165, 1.54) is 69.0 Å². The molecule has 3 heterocycles. The van der Waals surface area contributed by atoms with E-state index in [9.17, 15) is 0 Å². The van der Waals surface area contributed by atoms with Gasteiger partial charge in [-0.1, -0.05) is 180 Å². The average Bonchev–Trinajstić information content (AvgIpc) is 3.72. The van der Waals surface area contributed by atoms with E-state index in [0.29, 0.717) is 5.92 Å². The number of benzene rings is 4. The molecule has 0 radical (unpaired) electrons. The van der Waals surface area contributed by atoms with Crippen LogP contribution >= 0.6 is 0 Å². The summed E-state index contributed by atoms with van der Waals surface area (Å²) >= 11 is 0. The summed E-state index contributed by atoms with van der Waals surface area (Å²) in [5.41, 5.74) is 9.57. The lowest BCUT2D eigenvalue weighted by Crippen LogP contribution is -1.95. The Balaban J connectivity index is 0.000000251. The molecule has 1 N–H and O–H groups in total. The zero-order valence-corrected chi connectivity index (χ0v) is 37.2. The van der Waals surface area contributed by atoms with E-state index < -0.39 is 0 Å². The summed E-state index contributed by atoms with van der Waals surface area (Å²) in [6.45, 7) is 22.4. The maximum absolute atomic E-state index is 4.22. The van der Waals surface area contributed by atoms with Crippen molar-refractivity contribution in [1.82, 2.24) is 14.5 Å². The van der Waals surface area contributed by atoms with Crippen molar-refractivity contribution in [3.05, 3.63) is 174 Å². The predicted molar refractivity (Wildman–Crippen MR) is 258 cm³/mol. The number of nitrogens with one attached hydrogen (secondary N) is 1. The molecule has 0 aliphatic heterocycles. The largest absolute Gasteiger partial charge is 0.361 e. The summed E-state index contributed by atoms with van der Waals surface area (Å²) in [5.74, 6) is 3.68. The first kappa shape index (κ1) is 49.3. The molecule has 0 fully saturated rings. The van der Waals surface area contributed by atoms with E-state index in [-0.39, 0.29) is 7.43 Å². The van der Waals surface area contributed by atoms with Crippen LogP contribution in [0.1, 0.15) is 105 Å². The molecular weight excluding hydrogens is 703 g/mol. The minimum Gasteiger partial charge on any atom is -0.361 e. The van der Waals surface area contributed by atoms with E-state index in [2.05, 4.69) is 218 Å². The van der Waals surface area contributed by atoms with E-state index in [1.54, 1.807) is 0 Å². The highest BCUT2D eigenvalue weighted by Crippen LogP contribution is 2.23. The molecular formula is C55H77N3. The van der Waals surface area contributed by atoms with E-state index in [0.717, 1.165) is 36.5 Å². The molecule has 58 heavy (non-hydrogen) atoms. The van der Waals surface area contributed by atoms with Crippen molar-refractivity contribution in [3.8, 4) is 0 Å². The number of nitrogens with zero attached hydrogens (tertiary/aromatic N) is 2. The molecule has 7 rings (SSSR count). The highest BCUT2D eigenvalue weighted by molar-refractivity contribution is 5.84. The molecule has 0 unspecified atom stereocenters. The molecule has 3 heteroatoms. The lowest BCUT2D eigenvalue weighted by atomic mass is 10.0. The minimum absolute atomic E-state index is 0. The van der Waals surface area contributed by atoms with Crippen molar-refractivity contribution in [2.24, 2.45) is 36.6 Å². The van der Waals surface area contributed by atoms with Gasteiger partial charge in [0.1, 0.15) is 0 Å². The second-order valence-electron chi connectivity index (χ2n) is 17.4. The lowest BCUT2D eigenvalue weighted by Gasteiger charge is -2.02. The molecule has 0 atom stereocenters. The van der Waals surface area contributed by atoms with Gasteiger partial charge in [0.25, 0.3) is 0 Å². The second kappa shape index (κ2) is 26.9. The molecule has 0 aliphatic rings. The van der Waals surface area contributed by atoms with Gasteiger partial charge in [0, 0.05) is 53.1 Å². The fraction of sp³-hybridized carbons (Fsp3) is 0.400. The fourth-order valence-electron chi connectivity index (χ4n) is 6.88. The summed E-state index contributed by atoms with van der Waals surface area (Å²) in [4.78, 5) is 7.51. The van der Waals surface area contributed by atoms with E-state index in [1.807, 2.05) is 18.3 Å². The van der Waals surface area contributed by atoms with Gasteiger partial charge < -0.3 is 9.55 Å². The van der Waals surface area contributed by atoms with Crippen LogP contribution in [-0.2, 0) is 39.2 Å². The monoisotopic (exact) mass is 780 g/mol. The Morgan fingerprint density at radius 1 is 0.466 bits per heavy atom. The molecule has 0 amide bonds. The van der Waals surface area contributed by atoms with Gasteiger partial charge in [-0.3, -0.25) is 4.98 Å². The van der Waals surface area contributed by atoms with Crippen LogP contribution in [0, 0.1) is 29.6 Å².